The number of carbonyl (C=O) groups excluding carboxylic acids is 2. The quantitative estimate of drug-likeness (QED) is 0.710. The van der Waals surface area contributed by atoms with Crippen LogP contribution in [0.15, 0.2) is 24.5 Å². The molecule has 1 saturated heterocycles. The Hall–Kier alpha value is -1.42. The molecule has 0 saturated carbocycles. The molecule has 0 aromatic carbocycles. The van der Waals surface area contributed by atoms with Crippen molar-refractivity contribution in [1.82, 2.24) is 4.98 Å². The molecule has 0 aliphatic carbocycles. The third-order valence-corrected chi connectivity index (χ3v) is 2.71. The number of nitrogens with zero attached hydrogens (tertiary/aromatic N) is 2. The molecule has 2 heterocycles. The number of aromatic nitrogens is 1. The average Bonchev–Trinajstić information content (AvgIpc) is 2.62. The van der Waals surface area contributed by atoms with Crippen molar-refractivity contribution in [3.63, 3.8) is 0 Å². The van der Waals surface area contributed by atoms with E-state index in [-0.39, 0.29) is 18.2 Å². The molecular weight excluding hydrogens is 216 g/mol. The number of carbonyl (C=O) groups is 2. The zero-order chi connectivity index (χ0) is 10.8. The third-order valence-electron chi connectivity index (χ3n) is 2.40. The molecule has 1 aliphatic heterocycles. The lowest BCUT2D eigenvalue weighted by molar-refractivity contribution is -0.120. The van der Waals surface area contributed by atoms with Gasteiger partial charge >= 0.3 is 0 Å². The molecule has 0 radical (unpaired) electrons. The second-order valence-corrected chi connectivity index (χ2v) is 3.79. The van der Waals surface area contributed by atoms with Crippen molar-refractivity contribution in [1.29, 1.82) is 0 Å². The Balaban J connectivity index is 2.19. The summed E-state index contributed by atoms with van der Waals surface area (Å²) >= 11 is 5.37. The Morgan fingerprint density at radius 2 is 2.40 bits per heavy atom. The Kier molecular flexibility index (Phi) is 2.68. The first-order valence-electron chi connectivity index (χ1n) is 4.58. The predicted molar refractivity (Wildman–Crippen MR) is 55.6 cm³/mol. The molecule has 0 spiro atoms. The lowest BCUT2D eigenvalue weighted by Gasteiger charge is -2.14. The highest BCUT2D eigenvalue weighted by Gasteiger charge is 2.34. The molecule has 1 atom stereocenters. The summed E-state index contributed by atoms with van der Waals surface area (Å²) < 4.78 is 0. The van der Waals surface area contributed by atoms with Crippen molar-refractivity contribution in [2.75, 3.05) is 11.4 Å². The van der Waals surface area contributed by atoms with E-state index in [9.17, 15) is 9.59 Å². The highest BCUT2D eigenvalue weighted by atomic mass is 35.5. The van der Waals surface area contributed by atoms with E-state index >= 15 is 0 Å². The van der Waals surface area contributed by atoms with Gasteiger partial charge in [0.25, 0.3) is 0 Å². The Morgan fingerprint density at radius 1 is 1.60 bits per heavy atom. The summed E-state index contributed by atoms with van der Waals surface area (Å²) in [6.07, 6.45) is 3.42. The van der Waals surface area contributed by atoms with Gasteiger partial charge in [-0.3, -0.25) is 14.6 Å². The lowest BCUT2D eigenvalue weighted by atomic mass is 10.1. The number of anilines is 1. The summed E-state index contributed by atoms with van der Waals surface area (Å²) in [7, 11) is 0. The largest absolute Gasteiger partial charge is 0.310 e. The normalized spacial score (nSPS) is 20.7. The van der Waals surface area contributed by atoms with Crippen molar-refractivity contribution in [3.05, 3.63) is 24.5 Å². The summed E-state index contributed by atoms with van der Waals surface area (Å²) in [5.74, 6) is -0.471. The van der Waals surface area contributed by atoms with Crippen LogP contribution in [0.25, 0.3) is 0 Å². The van der Waals surface area contributed by atoms with Crippen LogP contribution in [0.5, 0.6) is 0 Å². The van der Waals surface area contributed by atoms with Crippen LogP contribution in [-0.4, -0.2) is 22.7 Å². The van der Waals surface area contributed by atoms with Gasteiger partial charge in [-0.05, 0) is 23.7 Å². The van der Waals surface area contributed by atoms with Crippen molar-refractivity contribution < 1.29 is 9.59 Å². The molecule has 1 aromatic rings. The molecule has 2 rings (SSSR count). The molecular formula is C10H9ClN2O2. The Labute approximate surface area is 91.9 Å². The van der Waals surface area contributed by atoms with Crippen LogP contribution in [0.4, 0.5) is 5.69 Å². The van der Waals surface area contributed by atoms with E-state index in [1.807, 2.05) is 0 Å². The number of hydrogen-bond acceptors (Lipinski definition) is 3. The molecule has 1 amide bonds. The number of amides is 1. The standard InChI is InChI=1S/C10H9ClN2O2/c11-10(15)7-4-9(14)13(6-7)8-2-1-3-12-5-8/h1-3,5,7H,4,6H2/t7-/m0/s1. The van der Waals surface area contributed by atoms with Crippen molar-refractivity contribution in [3.8, 4) is 0 Å². The van der Waals surface area contributed by atoms with Gasteiger partial charge in [0.2, 0.25) is 11.1 Å². The summed E-state index contributed by atoms with van der Waals surface area (Å²) in [5, 5.41) is -0.449. The van der Waals surface area contributed by atoms with Crippen LogP contribution in [0.1, 0.15) is 6.42 Å². The lowest BCUT2D eigenvalue weighted by Crippen LogP contribution is -2.25. The zero-order valence-corrected chi connectivity index (χ0v) is 8.65. The predicted octanol–water partition coefficient (Wildman–Crippen LogP) is 1.20. The Morgan fingerprint density at radius 3 is 2.93 bits per heavy atom. The van der Waals surface area contributed by atoms with Crippen molar-refractivity contribution in [2.24, 2.45) is 5.92 Å². The number of pyridine rings is 1. The van der Waals surface area contributed by atoms with Crippen molar-refractivity contribution >= 4 is 28.4 Å². The van der Waals surface area contributed by atoms with Crippen LogP contribution >= 0.6 is 11.6 Å². The van der Waals surface area contributed by atoms with Gasteiger partial charge in [-0.25, -0.2) is 0 Å². The maximum atomic E-state index is 11.6. The molecule has 5 heteroatoms. The average molecular weight is 225 g/mol. The van der Waals surface area contributed by atoms with E-state index in [4.69, 9.17) is 11.6 Å². The second kappa shape index (κ2) is 3.98. The van der Waals surface area contributed by atoms with E-state index in [0.717, 1.165) is 0 Å². The van der Waals surface area contributed by atoms with Gasteiger partial charge in [0, 0.05) is 19.2 Å². The fraction of sp³-hybridized carbons (Fsp3) is 0.300. The van der Waals surface area contributed by atoms with Crippen LogP contribution in [0, 0.1) is 5.92 Å². The van der Waals surface area contributed by atoms with Crippen LogP contribution in [0.2, 0.25) is 0 Å². The van der Waals surface area contributed by atoms with E-state index < -0.39 is 5.24 Å². The van der Waals surface area contributed by atoms with Crippen molar-refractivity contribution in [2.45, 2.75) is 6.42 Å². The summed E-state index contributed by atoms with van der Waals surface area (Å²) in [6.45, 7) is 0.354. The number of hydrogen-bond donors (Lipinski definition) is 0. The smallest absolute Gasteiger partial charge is 0.227 e. The summed E-state index contributed by atoms with van der Waals surface area (Å²) in [4.78, 5) is 28.0. The first kappa shape index (κ1) is 10.1. The van der Waals surface area contributed by atoms with Crippen LogP contribution in [0.3, 0.4) is 0 Å². The summed E-state index contributed by atoms with van der Waals surface area (Å²) in [5.41, 5.74) is 0.711. The fourth-order valence-electron chi connectivity index (χ4n) is 1.62. The van der Waals surface area contributed by atoms with Gasteiger partial charge in [-0.1, -0.05) is 0 Å². The molecule has 15 heavy (non-hydrogen) atoms. The van der Waals surface area contributed by atoms with E-state index in [0.29, 0.717) is 12.2 Å². The minimum Gasteiger partial charge on any atom is -0.310 e. The van der Waals surface area contributed by atoms with Gasteiger partial charge in [0.1, 0.15) is 0 Å². The first-order valence-corrected chi connectivity index (χ1v) is 4.96. The van der Waals surface area contributed by atoms with Gasteiger partial charge in [0.15, 0.2) is 0 Å². The third kappa shape index (κ3) is 1.99. The SMILES string of the molecule is O=C(Cl)[C@H]1CC(=O)N(c2cccnc2)C1. The van der Waals surface area contributed by atoms with Gasteiger partial charge in [0.05, 0.1) is 17.8 Å². The minimum absolute atomic E-state index is 0.0815. The maximum Gasteiger partial charge on any atom is 0.227 e. The number of rotatable bonds is 2. The second-order valence-electron chi connectivity index (χ2n) is 3.42. The van der Waals surface area contributed by atoms with E-state index in [2.05, 4.69) is 4.98 Å². The highest BCUT2D eigenvalue weighted by molar-refractivity contribution is 6.64. The zero-order valence-electron chi connectivity index (χ0n) is 7.89. The van der Waals surface area contributed by atoms with Gasteiger partial charge < -0.3 is 4.90 Å². The molecule has 1 aliphatic rings. The van der Waals surface area contributed by atoms with E-state index in [1.165, 1.54) is 4.90 Å². The Bertz CT molecular complexity index is 394. The molecule has 0 N–H and O–H groups in total. The summed E-state index contributed by atoms with van der Waals surface area (Å²) in [6, 6.07) is 3.53. The number of halogens is 1. The maximum absolute atomic E-state index is 11.6. The van der Waals surface area contributed by atoms with E-state index in [1.54, 1.807) is 24.5 Å². The highest BCUT2D eigenvalue weighted by Crippen LogP contribution is 2.25. The van der Waals surface area contributed by atoms with Gasteiger partial charge in [-0.15, -0.1) is 0 Å². The minimum atomic E-state index is -0.449. The molecule has 4 nitrogen and oxygen atoms in total. The molecule has 1 aromatic heterocycles. The monoisotopic (exact) mass is 224 g/mol. The fourth-order valence-corrected chi connectivity index (χ4v) is 1.77. The molecule has 1 fully saturated rings. The van der Waals surface area contributed by atoms with Crippen LogP contribution < -0.4 is 4.90 Å². The molecule has 0 unspecified atom stereocenters. The van der Waals surface area contributed by atoms with Crippen LogP contribution in [-0.2, 0) is 9.59 Å². The molecule has 78 valence electrons. The molecule has 0 bridgehead atoms. The van der Waals surface area contributed by atoms with Gasteiger partial charge in [-0.2, -0.15) is 0 Å². The first-order chi connectivity index (χ1) is 7.18. The topological polar surface area (TPSA) is 50.3 Å².